The lowest BCUT2D eigenvalue weighted by Gasteiger charge is -2.06. The van der Waals surface area contributed by atoms with E-state index in [1.54, 1.807) is 13.3 Å². The van der Waals surface area contributed by atoms with E-state index in [9.17, 15) is 0 Å². The van der Waals surface area contributed by atoms with E-state index in [1.807, 2.05) is 12.1 Å². The molecule has 1 heterocycles. The molecule has 82 valence electrons. The first kappa shape index (κ1) is 10.3. The standard InChI is InChI=1S/C12H18N2O/c1-3-4-9-7-11(9)14-10-5-6-13-12(8-10)15-2/h5-6,8-9,11H,3-4,7H2,1-2H3,(H,13,14). The maximum Gasteiger partial charge on any atom is 0.214 e. The fourth-order valence-corrected chi connectivity index (χ4v) is 1.94. The van der Waals surface area contributed by atoms with Gasteiger partial charge in [0, 0.05) is 24.0 Å². The number of ether oxygens (including phenoxy) is 1. The molecule has 2 unspecified atom stereocenters. The van der Waals surface area contributed by atoms with Gasteiger partial charge in [-0.15, -0.1) is 0 Å². The molecule has 0 saturated heterocycles. The number of nitrogens with zero attached hydrogens (tertiary/aromatic N) is 1. The normalized spacial score (nSPS) is 23.6. The van der Waals surface area contributed by atoms with Crippen LogP contribution in [0.3, 0.4) is 0 Å². The Morgan fingerprint density at radius 1 is 1.60 bits per heavy atom. The summed E-state index contributed by atoms with van der Waals surface area (Å²) in [6.07, 6.45) is 5.69. The third kappa shape index (κ3) is 2.61. The Balaban J connectivity index is 1.89. The Kier molecular flexibility index (Phi) is 3.09. The van der Waals surface area contributed by atoms with Gasteiger partial charge < -0.3 is 10.1 Å². The molecule has 2 rings (SSSR count). The minimum absolute atomic E-state index is 0.664. The van der Waals surface area contributed by atoms with Gasteiger partial charge in [-0.3, -0.25) is 0 Å². The van der Waals surface area contributed by atoms with Crippen molar-refractivity contribution in [3.63, 3.8) is 0 Å². The van der Waals surface area contributed by atoms with Gasteiger partial charge >= 0.3 is 0 Å². The average Bonchev–Trinajstić information content (AvgIpc) is 2.97. The maximum absolute atomic E-state index is 5.08. The summed E-state index contributed by atoms with van der Waals surface area (Å²) in [5.41, 5.74) is 1.12. The van der Waals surface area contributed by atoms with Crippen molar-refractivity contribution in [1.29, 1.82) is 0 Å². The fourth-order valence-electron chi connectivity index (χ4n) is 1.94. The van der Waals surface area contributed by atoms with E-state index in [2.05, 4.69) is 17.2 Å². The lowest BCUT2D eigenvalue weighted by molar-refractivity contribution is 0.398. The van der Waals surface area contributed by atoms with Crippen LogP contribution in [0.25, 0.3) is 0 Å². The van der Waals surface area contributed by atoms with Gasteiger partial charge in [0.1, 0.15) is 0 Å². The number of hydrogen-bond donors (Lipinski definition) is 1. The third-order valence-corrected chi connectivity index (χ3v) is 2.88. The Labute approximate surface area is 90.9 Å². The number of rotatable bonds is 5. The minimum atomic E-state index is 0.664. The molecule has 3 heteroatoms. The van der Waals surface area contributed by atoms with Crippen LogP contribution in [-0.2, 0) is 0 Å². The van der Waals surface area contributed by atoms with Crippen LogP contribution in [0.15, 0.2) is 18.3 Å². The van der Waals surface area contributed by atoms with Crippen molar-refractivity contribution in [3.05, 3.63) is 18.3 Å². The Morgan fingerprint density at radius 2 is 2.47 bits per heavy atom. The van der Waals surface area contributed by atoms with E-state index in [0.717, 1.165) is 11.6 Å². The predicted molar refractivity (Wildman–Crippen MR) is 61.2 cm³/mol. The van der Waals surface area contributed by atoms with E-state index >= 15 is 0 Å². The lowest BCUT2D eigenvalue weighted by atomic mass is 10.2. The van der Waals surface area contributed by atoms with Crippen molar-refractivity contribution in [2.24, 2.45) is 5.92 Å². The first-order valence-electron chi connectivity index (χ1n) is 5.60. The summed E-state index contributed by atoms with van der Waals surface area (Å²) >= 11 is 0. The van der Waals surface area contributed by atoms with Crippen molar-refractivity contribution in [2.45, 2.75) is 32.2 Å². The molecule has 1 aromatic rings. The van der Waals surface area contributed by atoms with Crippen molar-refractivity contribution in [2.75, 3.05) is 12.4 Å². The van der Waals surface area contributed by atoms with Crippen LogP contribution in [0.2, 0.25) is 0 Å². The van der Waals surface area contributed by atoms with E-state index in [0.29, 0.717) is 11.9 Å². The molecular formula is C12H18N2O. The topological polar surface area (TPSA) is 34.2 Å². The highest BCUT2D eigenvalue weighted by Gasteiger charge is 2.35. The summed E-state index contributed by atoms with van der Waals surface area (Å²) in [7, 11) is 1.64. The smallest absolute Gasteiger partial charge is 0.214 e. The molecule has 0 aliphatic heterocycles. The van der Waals surface area contributed by atoms with Gasteiger partial charge in [0.05, 0.1) is 7.11 Å². The summed E-state index contributed by atoms with van der Waals surface area (Å²) in [4.78, 5) is 4.08. The molecule has 1 aliphatic rings. The van der Waals surface area contributed by atoms with Gasteiger partial charge in [-0.25, -0.2) is 4.98 Å². The first-order chi connectivity index (χ1) is 7.33. The Morgan fingerprint density at radius 3 is 3.20 bits per heavy atom. The molecule has 0 amide bonds. The number of methoxy groups -OCH3 is 1. The molecule has 0 radical (unpaired) electrons. The molecule has 2 atom stereocenters. The van der Waals surface area contributed by atoms with E-state index in [4.69, 9.17) is 4.74 Å². The second-order valence-electron chi connectivity index (χ2n) is 4.12. The summed E-state index contributed by atoms with van der Waals surface area (Å²) in [5.74, 6) is 1.54. The Hall–Kier alpha value is -1.25. The highest BCUT2D eigenvalue weighted by Crippen LogP contribution is 2.37. The average molecular weight is 206 g/mol. The quantitative estimate of drug-likeness (QED) is 0.804. The molecule has 0 bridgehead atoms. The van der Waals surface area contributed by atoms with Crippen LogP contribution in [-0.4, -0.2) is 18.1 Å². The number of anilines is 1. The zero-order chi connectivity index (χ0) is 10.7. The maximum atomic E-state index is 5.08. The largest absolute Gasteiger partial charge is 0.481 e. The van der Waals surface area contributed by atoms with Crippen LogP contribution in [0.4, 0.5) is 5.69 Å². The molecule has 1 saturated carbocycles. The van der Waals surface area contributed by atoms with Gasteiger partial charge in [-0.05, 0) is 24.8 Å². The van der Waals surface area contributed by atoms with E-state index in [-0.39, 0.29) is 0 Å². The van der Waals surface area contributed by atoms with Crippen molar-refractivity contribution in [3.8, 4) is 5.88 Å². The van der Waals surface area contributed by atoms with Gasteiger partial charge in [-0.2, -0.15) is 0 Å². The van der Waals surface area contributed by atoms with Gasteiger partial charge in [0.2, 0.25) is 5.88 Å². The number of pyridine rings is 1. The van der Waals surface area contributed by atoms with Crippen molar-refractivity contribution >= 4 is 5.69 Å². The second kappa shape index (κ2) is 4.51. The summed E-state index contributed by atoms with van der Waals surface area (Å²) < 4.78 is 5.08. The first-order valence-corrected chi connectivity index (χ1v) is 5.60. The van der Waals surface area contributed by atoms with Crippen LogP contribution in [0.1, 0.15) is 26.2 Å². The number of aromatic nitrogens is 1. The summed E-state index contributed by atoms with van der Waals surface area (Å²) in [5, 5.41) is 3.51. The van der Waals surface area contributed by atoms with Crippen LogP contribution >= 0.6 is 0 Å². The van der Waals surface area contributed by atoms with Crippen molar-refractivity contribution < 1.29 is 4.74 Å². The SMILES string of the molecule is CCCC1CC1Nc1ccnc(OC)c1. The fraction of sp³-hybridized carbons (Fsp3) is 0.583. The molecule has 0 aromatic carbocycles. The highest BCUT2D eigenvalue weighted by atomic mass is 16.5. The molecule has 1 N–H and O–H groups in total. The second-order valence-corrected chi connectivity index (χ2v) is 4.12. The Bertz CT molecular complexity index is 327. The zero-order valence-electron chi connectivity index (χ0n) is 9.36. The number of hydrogen-bond acceptors (Lipinski definition) is 3. The third-order valence-electron chi connectivity index (χ3n) is 2.88. The molecule has 3 nitrogen and oxygen atoms in total. The van der Waals surface area contributed by atoms with Gasteiger partial charge in [0.15, 0.2) is 0 Å². The van der Waals surface area contributed by atoms with Crippen LogP contribution < -0.4 is 10.1 Å². The minimum Gasteiger partial charge on any atom is -0.481 e. The van der Waals surface area contributed by atoms with Gasteiger partial charge in [0.25, 0.3) is 0 Å². The van der Waals surface area contributed by atoms with Crippen molar-refractivity contribution in [1.82, 2.24) is 4.98 Å². The molecule has 1 aromatic heterocycles. The summed E-state index contributed by atoms with van der Waals surface area (Å²) in [6.45, 7) is 2.24. The molecule has 0 spiro atoms. The van der Waals surface area contributed by atoms with Crippen LogP contribution in [0.5, 0.6) is 5.88 Å². The van der Waals surface area contributed by atoms with Gasteiger partial charge in [-0.1, -0.05) is 13.3 Å². The zero-order valence-corrected chi connectivity index (χ0v) is 9.36. The van der Waals surface area contributed by atoms with E-state index in [1.165, 1.54) is 19.3 Å². The van der Waals surface area contributed by atoms with Crippen LogP contribution in [0, 0.1) is 5.92 Å². The van der Waals surface area contributed by atoms with E-state index < -0.39 is 0 Å². The molecule has 1 aliphatic carbocycles. The lowest BCUT2D eigenvalue weighted by Crippen LogP contribution is -2.04. The molecular weight excluding hydrogens is 188 g/mol. The number of nitrogens with one attached hydrogen (secondary N) is 1. The monoisotopic (exact) mass is 206 g/mol. The summed E-state index contributed by atoms with van der Waals surface area (Å²) in [6, 6.07) is 4.60. The molecule has 1 fully saturated rings. The predicted octanol–water partition coefficient (Wildman–Crippen LogP) is 2.69. The highest BCUT2D eigenvalue weighted by molar-refractivity contribution is 5.47. The molecule has 15 heavy (non-hydrogen) atoms.